The molecule has 1 amide bonds. The molecule has 2 heterocycles. The Bertz CT molecular complexity index is 829. The van der Waals surface area contributed by atoms with E-state index in [0.717, 1.165) is 5.56 Å². The van der Waals surface area contributed by atoms with Gasteiger partial charge in [0.05, 0.1) is 25.0 Å². The summed E-state index contributed by atoms with van der Waals surface area (Å²) in [4.78, 5) is 19.3. The Morgan fingerprint density at radius 1 is 1.22 bits per heavy atom. The summed E-state index contributed by atoms with van der Waals surface area (Å²) in [5.74, 6) is 0.497. The van der Waals surface area contributed by atoms with Crippen LogP contribution in [0, 0.1) is 11.7 Å². The predicted octanol–water partition coefficient (Wildman–Crippen LogP) is 2.71. The van der Waals surface area contributed by atoms with Crippen molar-refractivity contribution in [1.82, 2.24) is 15.0 Å². The third-order valence-corrected chi connectivity index (χ3v) is 5.12. The van der Waals surface area contributed by atoms with Crippen molar-refractivity contribution in [3.63, 3.8) is 0 Å². The van der Waals surface area contributed by atoms with Crippen LogP contribution in [0.5, 0.6) is 0 Å². The molecule has 2 atom stereocenters. The highest BCUT2D eigenvalue weighted by molar-refractivity contribution is 5.80. The average molecular weight is 371 g/mol. The van der Waals surface area contributed by atoms with Gasteiger partial charge in [-0.2, -0.15) is 4.98 Å². The summed E-state index contributed by atoms with van der Waals surface area (Å²) in [5, 5.41) is 4.05. The molecule has 1 saturated heterocycles. The van der Waals surface area contributed by atoms with Crippen molar-refractivity contribution in [2.45, 2.75) is 25.2 Å². The van der Waals surface area contributed by atoms with E-state index in [1.54, 1.807) is 6.07 Å². The van der Waals surface area contributed by atoms with E-state index in [1.165, 1.54) is 12.1 Å². The second-order valence-electron chi connectivity index (χ2n) is 6.95. The number of carbonyl (C=O) groups is 1. The molecule has 142 valence electrons. The van der Waals surface area contributed by atoms with E-state index < -0.39 is 0 Å². The van der Waals surface area contributed by atoms with E-state index in [1.807, 2.05) is 17.0 Å². The van der Waals surface area contributed by atoms with Crippen LogP contribution in [0.3, 0.4) is 0 Å². The Hall–Kier alpha value is -2.54. The maximum Gasteiger partial charge on any atom is 0.230 e. The van der Waals surface area contributed by atoms with Crippen LogP contribution in [0.2, 0.25) is 0 Å². The van der Waals surface area contributed by atoms with Gasteiger partial charge in [0.1, 0.15) is 5.82 Å². The van der Waals surface area contributed by atoms with E-state index in [0.29, 0.717) is 57.3 Å². The molecular formula is C20H22FN3O3. The van der Waals surface area contributed by atoms with Gasteiger partial charge in [-0.15, -0.1) is 0 Å². The summed E-state index contributed by atoms with van der Waals surface area (Å²) in [6.07, 6.45) is 5.87. The number of hydrogen-bond donors (Lipinski definition) is 0. The predicted molar refractivity (Wildman–Crippen MR) is 95.5 cm³/mol. The molecular weight excluding hydrogens is 349 g/mol. The lowest BCUT2D eigenvalue weighted by Crippen LogP contribution is -2.45. The van der Waals surface area contributed by atoms with Crippen LogP contribution in [-0.4, -0.2) is 47.3 Å². The highest BCUT2D eigenvalue weighted by Crippen LogP contribution is 2.35. The van der Waals surface area contributed by atoms with Gasteiger partial charge >= 0.3 is 0 Å². The second kappa shape index (κ2) is 8.00. The number of amides is 1. The van der Waals surface area contributed by atoms with Crippen LogP contribution in [0.4, 0.5) is 4.39 Å². The number of morpholine rings is 1. The number of hydrogen-bond acceptors (Lipinski definition) is 5. The Balaban J connectivity index is 1.50. The number of halogens is 1. The van der Waals surface area contributed by atoms with E-state index in [9.17, 15) is 9.18 Å². The van der Waals surface area contributed by atoms with Gasteiger partial charge in [0, 0.05) is 19.5 Å². The zero-order valence-electron chi connectivity index (χ0n) is 15.0. The van der Waals surface area contributed by atoms with Gasteiger partial charge in [-0.3, -0.25) is 4.79 Å². The molecule has 0 bridgehead atoms. The molecule has 2 unspecified atom stereocenters. The zero-order valence-corrected chi connectivity index (χ0v) is 15.0. The Kier molecular flexibility index (Phi) is 5.29. The molecule has 4 rings (SSSR count). The van der Waals surface area contributed by atoms with Gasteiger partial charge in [-0.1, -0.05) is 29.4 Å². The van der Waals surface area contributed by atoms with Crippen LogP contribution in [0.15, 0.2) is 40.9 Å². The zero-order chi connectivity index (χ0) is 18.6. The molecule has 6 nitrogen and oxygen atoms in total. The Morgan fingerprint density at radius 3 is 2.85 bits per heavy atom. The van der Waals surface area contributed by atoms with Crippen molar-refractivity contribution >= 4 is 5.91 Å². The van der Waals surface area contributed by atoms with Crippen molar-refractivity contribution in [1.29, 1.82) is 0 Å². The third kappa shape index (κ3) is 4.08. The fourth-order valence-electron chi connectivity index (χ4n) is 3.70. The summed E-state index contributed by atoms with van der Waals surface area (Å²) in [7, 11) is 0. The minimum absolute atomic E-state index is 0.123. The number of aromatic nitrogens is 2. The molecule has 27 heavy (non-hydrogen) atoms. The van der Waals surface area contributed by atoms with Gasteiger partial charge < -0.3 is 14.2 Å². The van der Waals surface area contributed by atoms with E-state index in [4.69, 9.17) is 9.26 Å². The summed E-state index contributed by atoms with van der Waals surface area (Å²) < 4.78 is 24.2. The standard InChI is InChI=1S/C20H22FN3O3/c21-15-5-3-4-14(12-15)13-18-22-19(27-23-18)16-6-1-2-7-17(16)20(25)24-8-10-26-11-9-24/h1-5,12,16-17H,6-11,13H2. The maximum absolute atomic E-state index is 13.4. The molecule has 0 N–H and O–H groups in total. The molecule has 1 aromatic carbocycles. The monoisotopic (exact) mass is 371 g/mol. The number of nitrogens with zero attached hydrogens (tertiary/aromatic N) is 3. The van der Waals surface area contributed by atoms with E-state index in [2.05, 4.69) is 16.2 Å². The first-order valence-electron chi connectivity index (χ1n) is 9.29. The van der Waals surface area contributed by atoms with Gasteiger partial charge in [-0.25, -0.2) is 4.39 Å². The Morgan fingerprint density at radius 2 is 2.04 bits per heavy atom. The van der Waals surface area contributed by atoms with Gasteiger partial charge in [0.2, 0.25) is 11.8 Å². The largest absolute Gasteiger partial charge is 0.378 e. The van der Waals surface area contributed by atoms with Gasteiger partial charge in [-0.05, 0) is 30.5 Å². The van der Waals surface area contributed by atoms with Crippen LogP contribution in [-0.2, 0) is 16.0 Å². The van der Waals surface area contributed by atoms with Crippen molar-refractivity contribution in [3.8, 4) is 0 Å². The SMILES string of the molecule is O=C(C1CC=CCC1c1nc(Cc2cccc(F)c2)no1)N1CCOCC1. The average Bonchev–Trinajstić information content (AvgIpc) is 3.16. The normalized spacial score (nSPS) is 22.8. The van der Waals surface area contributed by atoms with Crippen molar-refractivity contribution in [2.24, 2.45) is 5.92 Å². The molecule has 0 radical (unpaired) electrons. The molecule has 1 aliphatic carbocycles. The van der Waals surface area contributed by atoms with E-state index in [-0.39, 0.29) is 23.6 Å². The second-order valence-corrected chi connectivity index (χ2v) is 6.95. The minimum atomic E-state index is -0.287. The molecule has 2 aromatic rings. The molecule has 0 saturated carbocycles. The number of rotatable bonds is 4. The first-order valence-corrected chi connectivity index (χ1v) is 9.29. The number of ether oxygens (including phenoxy) is 1. The summed E-state index contributed by atoms with van der Waals surface area (Å²) >= 11 is 0. The van der Waals surface area contributed by atoms with Crippen LogP contribution < -0.4 is 0 Å². The van der Waals surface area contributed by atoms with Crippen molar-refractivity contribution in [3.05, 3.63) is 59.5 Å². The molecule has 1 aromatic heterocycles. The highest BCUT2D eigenvalue weighted by atomic mass is 19.1. The smallest absolute Gasteiger partial charge is 0.230 e. The summed E-state index contributed by atoms with van der Waals surface area (Å²) in [5.41, 5.74) is 0.784. The van der Waals surface area contributed by atoms with Gasteiger partial charge in [0.15, 0.2) is 5.82 Å². The van der Waals surface area contributed by atoms with Crippen molar-refractivity contribution in [2.75, 3.05) is 26.3 Å². The lowest BCUT2D eigenvalue weighted by Gasteiger charge is -2.33. The Labute approximate surface area is 157 Å². The third-order valence-electron chi connectivity index (χ3n) is 5.12. The molecule has 7 heteroatoms. The van der Waals surface area contributed by atoms with Crippen molar-refractivity contribution < 1.29 is 18.4 Å². The fourth-order valence-corrected chi connectivity index (χ4v) is 3.70. The highest BCUT2D eigenvalue weighted by Gasteiger charge is 2.36. The lowest BCUT2D eigenvalue weighted by atomic mass is 9.81. The fraction of sp³-hybridized carbons (Fsp3) is 0.450. The summed E-state index contributed by atoms with van der Waals surface area (Å²) in [6, 6.07) is 6.35. The molecule has 1 aliphatic heterocycles. The minimum Gasteiger partial charge on any atom is -0.378 e. The summed E-state index contributed by atoms with van der Waals surface area (Å²) in [6.45, 7) is 2.41. The van der Waals surface area contributed by atoms with Crippen LogP contribution >= 0.6 is 0 Å². The van der Waals surface area contributed by atoms with Crippen LogP contribution in [0.25, 0.3) is 0 Å². The number of benzene rings is 1. The quantitative estimate of drug-likeness (QED) is 0.773. The van der Waals surface area contributed by atoms with Crippen LogP contribution in [0.1, 0.15) is 36.0 Å². The molecule has 1 fully saturated rings. The first kappa shape index (κ1) is 17.9. The lowest BCUT2D eigenvalue weighted by molar-refractivity contribution is -0.140. The molecule has 2 aliphatic rings. The topological polar surface area (TPSA) is 68.5 Å². The van der Waals surface area contributed by atoms with E-state index >= 15 is 0 Å². The maximum atomic E-state index is 13.4. The molecule has 0 spiro atoms. The first-order chi connectivity index (χ1) is 13.2. The number of allylic oxidation sites excluding steroid dienone is 2. The van der Waals surface area contributed by atoms with Gasteiger partial charge in [0.25, 0.3) is 0 Å². The number of carbonyl (C=O) groups excluding carboxylic acids is 1.